The molecule has 1 aliphatic rings. The zero-order chi connectivity index (χ0) is 49.4. The highest BCUT2D eigenvalue weighted by atomic mass is 16.7. The molecule has 404 valence electrons. The van der Waals surface area contributed by atoms with Gasteiger partial charge in [-0.1, -0.05) is 289 Å². The van der Waals surface area contributed by atoms with Crippen molar-refractivity contribution < 1.29 is 39.8 Å². The summed E-state index contributed by atoms with van der Waals surface area (Å²) in [6, 6.07) is -0.798. The molecule has 1 amide bonds. The Kier molecular flexibility index (Phi) is 47.3. The first-order valence-corrected chi connectivity index (χ1v) is 29.9. The Labute approximate surface area is 420 Å². The summed E-state index contributed by atoms with van der Waals surface area (Å²) >= 11 is 0. The Balaban J connectivity index is 2.02. The summed E-state index contributed by atoms with van der Waals surface area (Å²) in [6.45, 7) is 3.78. The molecule has 68 heavy (non-hydrogen) atoms. The molecule has 1 rings (SSSR count). The number of hydrogen-bond acceptors (Lipinski definition) is 8. The van der Waals surface area contributed by atoms with Crippen molar-refractivity contribution in [2.24, 2.45) is 0 Å². The smallest absolute Gasteiger partial charge is 0.220 e. The molecule has 0 aromatic rings. The lowest BCUT2D eigenvalue weighted by molar-refractivity contribution is -0.302. The van der Waals surface area contributed by atoms with Gasteiger partial charge >= 0.3 is 0 Å². The van der Waals surface area contributed by atoms with Crippen molar-refractivity contribution in [3.05, 3.63) is 12.2 Å². The van der Waals surface area contributed by atoms with Gasteiger partial charge in [-0.2, -0.15) is 0 Å². The standard InChI is InChI=1S/C59H115NO8/c1-3-5-7-9-11-13-15-16-17-18-19-20-21-22-23-24-25-26-27-28-29-30-31-32-33-34-35-36-37-38-39-41-43-45-47-49-55(63)60-52(51-67-59-58(66)57(65)56(64)54(50-61)68-59)53(62)48-46-44-42-40-14-12-10-8-6-4-2/h46,48,52-54,56-59,61-62,64-66H,3-45,47,49-51H2,1-2H3,(H,60,63)/b48-46+/t52-,53+,54+,56-,57?,58?,59+/m0/s1. The third kappa shape index (κ3) is 38.6. The van der Waals surface area contributed by atoms with Crippen molar-refractivity contribution in [2.45, 2.75) is 346 Å². The van der Waals surface area contributed by atoms with Crippen LogP contribution in [0.1, 0.15) is 303 Å². The molecule has 0 aromatic carbocycles. The molecule has 2 unspecified atom stereocenters. The number of allylic oxidation sites excluding steroid dienone is 1. The summed E-state index contributed by atoms with van der Waals surface area (Å²) in [4.78, 5) is 13.0. The molecule has 6 N–H and O–H groups in total. The number of carbonyl (C=O) groups excluding carboxylic acids is 1. The van der Waals surface area contributed by atoms with Crippen LogP contribution in [0, 0.1) is 0 Å². The molecule has 1 saturated heterocycles. The van der Waals surface area contributed by atoms with Crippen LogP contribution < -0.4 is 5.32 Å². The van der Waals surface area contributed by atoms with Gasteiger partial charge in [-0.05, 0) is 19.3 Å². The fourth-order valence-corrected chi connectivity index (χ4v) is 9.87. The fraction of sp³-hybridized carbons (Fsp3) is 0.949. The molecule has 1 heterocycles. The first-order chi connectivity index (χ1) is 33.3. The van der Waals surface area contributed by atoms with Gasteiger partial charge in [-0.15, -0.1) is 0 Å². The largest absolute Gasteiger partial charge is 0.394 e. The van der Waals surface area contributed by atoms with Crippen molar-refractivity contribution in [1.82, 2.24) is 5.32 Å². The van der Waals surface area contributed by atoms with E-state index in [1.54, 1.807) is 6.08 Å². The third-order valence-corrected chi connectivity index (χ3v) is 14.6. The van der Waals surface area contributed by atoms with Crippen molar-refractivity contribution in [1.29, 1.82) is 0 Å². The van der Waals surface area contributed by atoms with Crippen molar-refractivity contribution in [3.63, 3.8) is 0 Å². The summed E-state index contributed by atoms with van der Waals surface area (Å²) in [6.07, 6.45) is 54.7. The van der Waals surface area contributed by atoms with E-state index in [-0.39, 0.29) is 12.5 Å². The van der Waals surface area contributed by atoms with Gasteiger partial charge in [0, 0.05) is 6.42 Å². The molecule has 1 fully saturated rings. The number of amides is 1. The predicted molar refractivity (Wildman–Crippen MR) is 286 cm³/mol. The number of nitrogens with one attached hydrogen (secondary N) is 1. The van der Waals surface area contributed by atoms with Crippen LogP contribution in [0.4, 0.5) is 0 Å². The first kappa shape index (κ1) is 64.9. The predicted octanol–water partition coefficient (Wildman–Crippen LogP) is 14.8. The normalized spacial score (nSPS) is 19.5. The Hall–Kier alpha value is -1.07. The van der Waals surface area contributed by atoms with Gasteiger partial charge in [0.25, 0.3) is 0 Å². The zero-order valence-corrected chi connectivity index (χ0v) is 44.9. The second-order valence-corrected chi connectivity index (χ2v) is 21.2. The summed E-state index contributed by atoms with van der Waals surface area (Å²) < 4.78 is 11.2. The highest BCUT2D eigenvalue weighted by molar-refractivity contribution is 5.76. The summed E-state index contributed by atoms with van der Waals surface area (Å²) in [5, 5.41) is 54.3. The number of ether oxygens (including phenoxy) is 2. The van der Waals surface area contributed by atoms with Crippen LogP contribution in [0.25, 0.3) is 0 Å². The topological polar surface area (TPSA) is 149 Å². The van der Waals surface area contributed by atoms with Gasteiger partial charge in [0.15, 0.2) is 6.29 Å². The zero-order valence-electron chi connectivity index (χ0n) is 44.9. The number of hydrogen-bond donors (Lipinski definition) is 6. The van der Waals surface area contributed by atoms with E-state index < -0.39 is 49.5 Å². The molecule has 0 radical (unpaired) electrons. The van der Waals surface area contributed by atoms with Gasteiger partial charge in [-0.25, -0.2) is 0 Å². The molecular weight excluding hydrogens is 851 g/mol. The molecule has 7 atom stereocenters. The lowest BCUT2D eigenvalue weighted by atomic mass is 9.99. The second-order valence-electron chi connectivity index (χ2n) is 21.2. The van der Waals surface area contributed by atoms with Gasteiger partial charge in [0.1, 0.15) is 24.4 Å². The molecule has 9 heteroatoms. The minimum Gasteiger partial charge on any atom is -0.394 e. The van der Waals surface area contributed by atoms with E-state index in [1.165, 1.54) is 244 Å². The van der Waals surface area contributed by atoms with E-state index in [0.29, 0.717) is 6.42 Å². The van der Waals surface area contributed by atoms with Crippen LogP contribution in [0.3, 0.4) is 0 Å². The van der Waals surface area contributed by atoms with E-state index in [2.05, 4.69) is 19.2 Å². The Morgan fingerprint density at radius 2 is 0.809 bits per heavy atom. The fourth-order valence-electron chi connectivity index (χ4n) is 9.87. The van der Waals surface area contributed by atoms with E-state index in [0.717, 1.165) is 38.5 Å². The number of rotatable bonds is 52. The Morgan fingerprint density at radius 1 is 0.485 bits per heavy atom. The maximum atomic E-state index is 13.0. The highest BCUT2D eigenvalue weighted by Crippen LogP contribution is 2.23. The molecule has 0 bridgehead atoms. The number of aliphatic hydroxyl groups is 5. The molecule has 0 aliphatic carbocycles. The van der Waals surface area contributed by atoms with Crippen LogP contribution in [0.2, 0.25) is 0 Å². The minimum atomic E-state index is -1.56. The van der Waals surface area contributed by atoms with Gasteiger partial charge in [0.05, 0.1) is 25.4 Å². The lowest BCUT2D eigenvalue weighted by Crippen LogP contribution is -2.60. The van der Waals surface area contributed by atoms with Gasteiger partial charge in [-0.3, -0.25) is 4.79 Å². The first-order valence-electron chi connectivity index (χ1n) is 29.9. The number of aliphatic hydroxyl groups excluding tert-OH is 5. The molecule has 0 saturated carbocycles. The van der Waals surface area contributed by atoms with Crippen LogP contribution in [-0.4, -0.2) is 87.5 Å². The average molecular weight is 967 g/mol. The molecule has 0 spiro atoms. The highest BCUT2D eigenvalue weighted by Gasteiger charge is 2.44. The van der Waals surface area contributed by atoms with E-state index in [4.69, 9.17) is 9.47 Å². The van der Waals surface area contributed by atoms with Crippen molar-refractivity contribution in [2.75, 3.05) is 13.2 Å². The SMILES string of the molecule is CCCCCCCCCC/C=C/[C@@H](O)[C@H](CO[C@@H]1O[C@H](CO)[C@H](O)C(O)C1O)NC(=O)CCCCCCCCCCCCCCCCCCCCCCCCCCCCCCCCCCCCC. The van der Waals surface area contributed by atoms with E-state index in [1.807, 2.05) is 6.08 Å². The summed E-state index contributed by atoms with van der Waals surface area (Å²) in [7, 11) is 0. The monoisotopic (exact) mass is 966 g/mol. The summed E-state index contributed by atoms with van der Waals surface area (Å²) in [5.41, 5.74) is 0. The van der Waals surface area contributed by atoms with E-state index >= 15 is 0 Å². The molecule has 1 aliphatic heterocycles. The third-order valence-electron chi connectivity index (χ3n) is 14.6. The maximum Gasteiger partial charge on any atom is 0.220 e. The van der Waals surface area contributed by atoms with Crippen molar-refractivity contribution in [3.8, 4) is 0 Å². The number of unbranched alkanes of at least 4 members (excludes halogenated alkanes) is 42. The van der Waals surface area contributed by atoms with E-state index in [9.17, 15) is 30.3 Å². The molecular formula is C59H115NO8. The van der Waals surface area contributed by atoms with Crippen LogP contribution in [-0.2, 0) is 14.3 Å². The lowest BCUT2D eigenvalue weighted by Gasteiger charge is -2.40. The van der Waals surface area contributed by atoms with Crippen LogP contribution in [0.5, 0.6) is 0 Å². The second kappa shape index (κ2) is 49.5. The Bertz CT molecular complexity index is 1080. The quantitative estimate of drug-likeness (QED) is 0.0261. The number of carbonyl (C=O) groups is 1. The molecule has 0 aromatic heterocycles. The minimum absolute atomic E-state index is 0.172. The summed E-state index contributed by atoms with van der Waals surface area (Å²) in [5.74, 6) is -0.172. The maximum absolute atomic E-state index is 13.0. The van der Waals surface area contributed by atoms with Crippen LogP contribution in [0.15, 0.2) is 12.2 Å². The van der Waals surface area contributed by atoms with Crippen molar-refractivity contribution >= 4 is 5.91 Å². The van der Waals surface area contributed by atoms with Crippen LogP contribution >= 0.6 is 0 Å². The molecule has 9 nitrogen and oxygen atoms in total. The van der Waals surface area contributed by atoms with Gasteiger partial charge < -0.3 is 40.3 Å². The Morgan fingerprint density at radius 3 is 1.15 bits per heavy atom. The van der Waals surface area contributed by atoms with Gasteiger partial charge in [0.2, 0.25) is 5.91 Å². The average Bonchev–Trinajstić information content (AvgIpc) is 3.34.